The van der Waals surface area contributed by atoms with Crippen molar-refractivity contribution in [3.05, 3.63) is 24.3 Å². The zero-order valence-corrected chi connectivity index (χ0v) is 15.4. The van der Waals surface area contributed by atoms with Crippen LogP contribution in [0.2, 0.25) is 0 Å². The smallest absolute Gasteiger partial charge is 0.407 e. The molecule has 0 saturated heterocycles. The SMILES string of the molecule is CC(C)(C)OC(=O)NCCNC(=S)Nc1ccc(S(N)(=O)=O)cc1. The number of alkyl carbamates (subject to hydrolysis) is 1. The van der Waals surface area contributed by atoms with E-state index in [1.807, 2.05) is 0 Å². The van der Waals surface area contributed by atoms with E-state index in [1.165, 1.54) is 12.1 Å². The van der Waals surface area contributed by atoms with Gasteiger partial charge in [0.15, 0.2) is 5.11 Å². The largest absolute Gasteiger partial charge is 0.444 e. The van der Waals surface area contributed by atoms with E-state index in [2.05, 4.69) is 16.0 Å². The molecule has 0 bridgehead atoms. The number of anilines is 1. The molecule has 1 aromatic rings. The van der Waals surface area contributed by atoms with Gasteiger partial charge in [-0.15, -0.1) is 0 Å². The van der Waals surface area contributed by atoms with Crippen molar-refractivity contribution in [2.45, 2.75) is 31.3 Å². The van der Waals surface area contributed by atoms with Crippen LogP contribution in [-0.2, 0) is 14.8 Å². The highest BCUT2D eigenvalue weighted by Crippen LogP contribution is 2.12. The van der Waals surface area contributed by atoms with Gasteiger partial charge in [0.05, 0.1) is 4.90 Å². The Hall–Kier alpha value is -1.91. The Bertz CT molecular complexity index is 682. The Labute approximate surface area is 147 Å². The van der Waals surface area contributed by atoms with Gasteiger partial charge in [0.25, 0.3) is 0 Å². The molecule has 1 aromatic carbocycles. The number of amides is 1. The van der Waals surface area contributed by atoms with Crippen molar-refractivity contribution < 1.29 is 17.9 Å². The first-order chi connectivity index (χ1) is 11.0. The van der Waals surface area contributed by atoms with Crippen molar-refractivity contribution in [1.82, 2.24) is 10.6 Å². The Kier molecular flexibility index (Phi) is 6.93. The summed E-state index contributed by atoms with van der Waals surface area (Å²) in [5.41, 5.74) is 0.0670. The predicted octanol–water partition coefficient (Wildman–Crippen LogP) is 1.15. The fraction of sp³-hybridized carbons (Fsp3) is 0.429. The molecule has 0 saturated carbocycles. The van der Waals surface area contributed by atoms with Gasteiger partial charge >= 0.3 is 6.09 Å². The van der Waals surface area contributed by atoms with Gasteiger partial charge in [-0.3, -0.25) is 0 Å². The molecule has 8 nitrogen and oxygen atoms in total. The van der Waals surface area contributed by atoms with Crippen LogP contribution in [0.1, 0.15) is 20.8 Å². The number of sulfonamides is 1. The lowest BCUT2D eigenvalue weighted by atomic mass is 10.2. The van der Waals surface area contributed by atoms with Crippen LogP contribution in [0.15, 0.2) is 29.2 Å². The van der Waals surface area contributed by atoms with Crippen molar-refractivity contribution >= 4 is 39.1 Å². The first-order valence-corrected chi connectivity index (χ1v) is 9.07. The molecule has 0 aromatic heterocycles. The summed E-state index contributed by atoms with van der Waals surface area (Å²) in [7, 11) is -3.72. The molecule has 0 spiro atoms. The van der Waals surface area contributed by atoms with Gasteiger partial charge in [0.2, 0.25) is 10.0 Å². The third-order valence-electron chi connectivity index (χ3n) is 2.52. The third-order valence-corrected chi connectivity index (χ3v) is 3.70. The monoisotopic (exact) mass is 374 g/mol. The molecule has 24 heavy (non-hydrogen) atoms. The van der Waals surface area contributed by atoms with Crippen molar-refractivity contribution in [1.29, 1.82) is 0 Å². The van der Waals surface area contributed by atoms with Crippen molar-refractivity contribution in [2.24, 2.45) is 5.14 Å². The third kappa shape index (κ3) is 8.09. The molecule has 0 aliphatic rings. The maximum atomic E-state index is 11.4. The Morgan fingerprint density at radius 1 is 1.17 bits per heavy atom. The average molecular weight is 374 g/mol. The molecule has 0 atom stereocenters. The van der Waals surface area contributed by atoms with Gasteiger partial charge < -0.3 is 20.7 Å². The highest BCUT2D eigenvalue weighted by atomic mass is 32.2. The second-order valence-electron chi connectivity index (χ2n) is 5.88. The van der Waals surface area contributed by atoms with Crippen LogP contribution in [0.3, 0.4) is 0 Å². The maximum Gasteiger partial charge on any atom is 0.407 e. The molecular formula is C14H22N4O4S2. The summed E-state index contributed by atoms with van der Waals surface area (Å²) < 4.78 is 27.4. The molecule has 1 amide bonds. The molecule has 0 fully saturated rings. The van der Waals surface area contributed by atoms with E-state index in [0.717, 1.165) is 0 Å². The fourth-order valence-corrected chi connectivity index (χ4v) is 2.29. The van der Waals surface area contributed by atoms with E-state index in [-0.39, 0.29) is 4.90 Å². The van der Waals surface area contributed by atoms with E-state index in [9.17, 15) is 13.2 Å². The summed E-state index contributed by atoms with van der Waals surface area (Å²) >= 11 is 5.10. The number of carbonyl (C=O) groups excluding carboxylic acids is 1. The number of rotatable bonds is 5. The normalized spacial score (nSPS) is 11.5. The predicted molar refractivity (Wildman–Crippen MR) is 96.3 cm³/mol. The van der Waals surface area contributed by atoms with E-state index < -0.39 is 21.7 Å². The van der Waals surface area contributed by atoms with Gasteiger partial charge in [-0.25, -0.2) is 18.4 Å². The van der Waals surface area contributed by atoms with Gasteiger partial charge in [-0.1, -0.05) is 0 Å². The summed E-state index contributed by atoms with van der Waals surface area (Å²) in [5.74, 6) is 0. The lowest BCUT2D eigenvalue weighted by Gasteiger charge is -2.19. The van der Waals surface area contributed by atoms with Crippen LogP contribution >= 0.6 is 12.2 Å². The standard InChI is InChI=1S/C14H22N4O4S2/c1-14(2,3)22-13(19)17-9-8-16-12(23)18-10-4-6-11(7-5-10)24(15,20)21/h4-7H,8-9H2,1-3H3,(H,17,19)(H2,15,20,21)(H2,16,18,23). The number of nitrogens with one attached hydrogen (secondary N) is 3. The molecule has 0 aliphatic heterocycles. The summed E-state index contributed by atoms with van der Waals surface area (Å²) in [4.78, 5) is 11.5. The van der Waals surface area contributed by atoms with Crippen LogP contribution < -0.4 is 21.1 Å². The van der Waals surface area contributed by atoms with Crippen LogP contribution in [0.25, 0.3) is 0 Å². The number of benzene rings is 1. The Morgan fingerprint density at radius 3 is 2.21 bits per heavy atom. The van der Waals surface area contributed by atoms with E-state index in [4.69, 9.17) is 22.1 Å². The van der Waals surface area contributed by atoms with Crippen molar-refractivity contribution in [3.63, 3.8) is 0 Å². The number of ether oxygens (including phenoxy) is 1. The summed E-state index contributed by atoms with van der Waals surface area (Å²) in [6, 6.07) is 5.86. The van der Waals surface area contributed by atoms with Gasteiger partial charge in [0.1, 0.15) is 5.60 Å². The van der Waals surface area contributed by atoms with Crippen LogP contribution in [0.5, 0.6) is 0 Å². The highest BCUT2D eigenvalue weighted by Gasteiger charge is 2.15. The minimum absolute atomic E-state index is 0.0217. The van der Waals surface area contributed by atoms with Crippen molar-refractivity contribution in [3.8, 4) is 0 Å². The summed E-state index contributed by atoms with van der Waals surface area (Å²) in [6.07, 6.45) is -0.498. The molecular weight excluding hydrogens is 352 g/mol. The molecule has 0 aliphatic carbocycles. The molecule has 0 heterocycles. The molecule has 1 rings (SSSR count). The fourth-order valence-electron chi connectivity index (χ4n) is 1.56. The highest BCUT2D eigenvalue weighted by molar-refractivity contribution is 7.89. The zero-order valence-electron chi connectivity index (χ0n) is 13.8. The maximum absolute atomic E-state index is 11.4. The minimum Gasteiger partial charge on any atom is -0.444 e. The summed E-state index contributed by atoms with van der Waals surface area (Å²) in [6.45, 7) is 6.09. The quantitative estimate of drug-likeness (QED) is 0.450. The number of carbonyl (C=O) groups is 1. The molecule has 10 heteroatoms. The van der Waals surface area contributed by atoms with E-state index >= 15 is 0 Å². The number of hydrogen-bond acceptors (Lipinski definition) is 5. The number of thiocarbonyl (C=S) groups is 1. The minimum atomic E-state index is -3.72. The van der Waals surface area contributed by atoms with E-state index in [1.54, 1.807) is 32.9 Å². The second-order valence-corrected chi connectivity index (χ2v) is 7.85. The number of primary sulfonamides is 1. The second kappa shape index (κ2) is 8.27. The topological polar surface area (TPSA) is 123 Å². The Morgan fingerprint density at radius 2 is 1.71 bits per heavy atom. The molecule has 0 radical (unpaired) electrons. The van der Waals surface area contributed by atoms with Crippen LogP contribution in [-0.4, -0.2) is 38.3 Å². The number of nitrogens with two attached hydrogens (primary N) is 1. The lowest BCUT2D eigenvalue weighted by Crippen LogP contribution is -2.39. The van der Waals surface area contributed by atoms with Gasteiger partial charge in [0, 0.05) is 18.8 Å². The molecule has 0 unspecified atom stereocenters. The van der Waals surface area contributed by atoms with Crippen LogP contribution in [0, 0.1) is 0 Å². The first-order valence-electron chi connectivity index (χ1n) is 7.12. The first kappa shape index (κ1) is 20.1. The Balaban J connectivity index is 2.33. The number of hydrogen-bond donors (Lipinski definition) is 4. The summed E-state index contributed by atoms with van der Waals surface area (Å²) in [5, 5.41) is 13.7. The van der Waals surface area contributed by atoms with E-state index in [0.29, 0.717) is 23.9 Å². The average Bonchev–Trinajstić information content (AvgIpc) is 2.41. The molecule has 134 valence electrons. The van der Waals surface area contributed by atoms with Gasteiger partial charge in [-0.2, -0.15) is 0 Å². The molecule has 5 N–H and O–H groups in total. The zero-order chi connectivity index (χ0) is 18.4. The van der Waals surface area contributed by atoms with Crippen LogP contribution in [0.4, 0.5) is 10.5 Å². The lowest BCUT2D eigenvalue weighted by molar-refractivity contribution is 0.0529. The van der Waals surface area contributed by atoms with Gasteiger partial charge in [-0.05, 0) is 57.3 Å². The van der Waals surface area contributed by atoms with Crippen molar-refractivity contribution in [2.75, 3.05) is 18.4 Å².